The minimum atomic E-state index is 0.544. The number of likely N-dealkylation sites (tertiary alicyclic amines) is 1. The van der Waals surface area contributed by atoms with Crippen molar-refractivity contribution in [3.05, 3.63) is 11.9 Å². The molecule has 5 nitrogen and oxygen atoms in total. The molecule has 100 valence electrons. The van der Waals surface area contributed by atoms with E-state index in [1.807, 2.05) is 0 Å². The third-order valence-electron chi connectivity index (χ3n) is 3.28. The zero-order chi connectivity index (χ0) is 12.8. The molecule has 0 radical (unpaired) electrons. The summed E-state index contributed by atoms with van der Waals surface area (Å²) in [5.74, 6) is 1.20. The van der Waals surface area contributed by atoms with E-state index in [1.165, 1.54) is 32.3 Å². The molecule has 0 aromatic carbocycles. The number of rotatable bonds is 6. The molecular formula is C13H22N4O. The number of anilines is 1. The van der Waals surface area contributed by atoms with Crippen molar-refractivity contribution >= 4 is 5.82 Å². The van der Waals surface area contributed by atoms with Crippen molar-refractivity contribution in [1.82, 2.24) is 14.9 Å². The molecule has 0 aliphatic carbocycles. The largest absolute Gasteiger partial charge is 0.476 e. The predicted molar refractivity (Wildman–Crippen MR) is 71.6 cm³/mol. The Hall–Kier alpha value is -1.36. The summed E-state index contributed by atoms with van der Waals surface area (Å²) in [6.45, 7) is 6.14. The molecule has 1 aliphatic heterocycles. The van der Waals surface area contributed by atoms with Crippen LogP contribution in [0.3, 0.4) is 0 Å². The number of aromatic nitrogens is 2. The maximum absolute atomic E-state index is 5.86. The summed E-state index contributed by atoms with van der Waals surface area (Å²) >= 11 is 0. The first-order valence-electron chi connectivity index (χ1n) is 6.75. The summed E-state index contributed by atoms with van der Waals surface area (Å²) in [4.78, 5) is 10.6. The molecule has 0 atom stereocenters. The van der Waals surface area contributed by atoms with Gasteiger partial charge < -0.3 is 10.5 Å². The molecule has 1 saturated heterocycles. The van der Waals surface area contributed by atoms with Gasteiger partial charge >= 0.3 is 0 Å². The van der Waals surface area contributed by atoms with Crippen LogP contribution in [0.2, 0.25) is 0 Å². The van der Waals surface area contributed by atoms with Crippen molar-refractivity contribution in [1.29, 1.82) is 0 Å². The van der Waals surface area contributed by atoms with Crippen LogP contribution in [0.15, 0.2) is 6.33 Å². The molecule has 0 saturated carbocycles. The molecule has 2 N–H and O–H groups in total. The van der Waals surface area contributed by atoms with Gasteiger partial charge in [-0.05, 0) is 32.4 Å². The van der Waals surface area contributed by atoms with Gasteiger partial charge in [-0.15, -0.1) is 0 Å². The average molecular weight is 250 g/mol. The Morgan fingerprint density at radius 2 is 2.11 bits per heavy atom. The van der Waals surface area contributed by atoms with Gasteiger partial charge in [0.1, 0.15) is 18.8 Å². The molecule has 1 aromatic rings. The molecule has 1 fully saturated rings. The van der Waals surface area contributed by atoms with Gasteiger partial charge in [0.05, 0.1) is 5.56 Å². The standard InChI is InChI=1S/C13H22N4O/c1-2-5-11-12(14)15-10-16-13(11)18-9-8-17-6-3-4-7-17/h10H,2-9H2,1H3,(H2,14,15,16). The second-order valence-electron chi connectivity index (χ2n) is 4.69. The number of hydrogen-bond donors (Lipinski definition) is 1. The average Bonchev–Trinajstić information content (AvgIpc) is 2.86. The predicted octanol–water partition coefficient (Wildman–Crippen LogP) is 1.49. The smallest absolute Gasteiger partial charge is 0.221 e. The summed E-state index contributed by atoms with van der Waals surface area (Å²) in [7, 11) is 0. The first-order valence-corrected chi connectivity index (χ1v) is 6.75. The van der Waals surface area contributed by atoms with Gasteiger partial charge in [-0.2, -0.15) is 0 Å². The van der Waals surface area contributed by atoms with E-state index in [4.69, 9.17) is 10.5 Å². The van der Waals surface area contributed by atoms with Crippen molar-refractivity contribution in [3.8, 4) is 5.88 Å². The van der Waals surface area contributed by atoms with Crippen LogP contribution < -0.4 is 10.5 Å². The van der Waals surface area contributed by atoms with Crippen molar-refractivity contribution < 1.29 is 4.74 Å². The van der Waals surface area contributed by atoms with Crippen LogP contribution in [0.25, 0.3) is 0 Å². The Balaban J connectivity index is 1.89. The summed E-state index contributed by atoms with van der Waals surface area (Å²) in [5, 5.41) is 0. The van der Waals surface area contributed by atoms with E-state index in [2.05, 4.69) is 21.8 Å². The first-order chi connectivity index (χ1) is 8.81. The van der Waals surface area contributed by atoms with Crippen LogP contribution in [0, 0.1) is 0 Å². The fraction of sp³-hybridized carbons (Fsp3) is 0.692. The van der Waals surface area contributed by atoms with E-state index in [0.29, 0.717) is 18.3 Å². The summed E-state index contributed by atoms with van der Waals surface area (Å²) < 4.78 is 5.76. The lowest BCUT2D eigenvalue weighted by Gasteiger charge is -2.16. The molecule has 5 heteroatoms. The van der Waals surface area contributed by atoms with Crippen LogP contribution in [0.5, 0.6) is 5.88 Å². The Kier molecular flexibility index (Phi) is 4.75. The Labute approximate surface area is 108 Å². The lowest BCUT2D eigenvalue weighted by atomic mass is 10.2. The van der Waals surface area contributed by atoms with E-state index in [0.717, 1.165) is 24.9 Å². The fourth-order valence-corrected chi connectivity index (χ4v) is 2.30. The zero-order valence-corrected chi connectivity index (χ0v) is 11.1. The molecule has 18 heavy (non-hydrogen) atoms. The third-order valence-corrected chi connectivity index (χ3v) is 3.28. The van der Waals surface area contributed by atoms with E-state index < -0.39 is 0 Å². The number of hydrogen-bond acceptors (Lipinski definition) is 5. The quantitative estimate of drug-likeness (QED) is 0.828. The second kappa shape index (κ2) is 6.54. The van der Waals surface area contributed by atoms with Crippen molar-refractivity contribution in [3.63, 3.8) is 0 Å². The van der Waals surface area contributed by atoms with Crippen LogP contribution in [0.4, 0.5) is 5.82 Å². The third kappa shape index (κ3) is 3.32. The topological polar surface area (TPSA) is 64.3 Å². The highest BCUT2D eigenvalue weighted by Gasteiger charge is 2.13. The minimum absolute atomic E-state index is 0.544. The van der Waals surface area contributed by atoms with Crippen LogP contribution >= 0.6 is 0 Å². The van der Waals surface area contributed by atoms with E-state index >= 15 is 0 Å². The molecule has 1 aliphatic rings. The van der Waals surface area contributed by atoms with Gasteiger partial charge in [-0.3, -0.25) is 4.90 Å². The first kappa shape index (κ1) is 13.1. The minimum Gasteiger partial charge on any atom is -0.476 e. The lowest BCUT2D eigenvalue weighted by Crippen LogP contribution is -2.25. The Morgan fingerprint density at radius 1 is 1.33 bits per heavy atom. The molecule has 0 unspecified atom stereocenters. The maximum Gasteiger partial charge on any atom is 0.221 e. The SMILES string of the molecule is CCCc1c(N)ncnc1OCCN1CCCC1. The molecule has 0 spiro atoms. The molecular weight excluding hydrogens is 228 g/mol. The number of ether oxygens (including phenoxy) is 1. The van der Waals surface area contributed by atoms with Gasteiger partial charge in [0.25, 0.3) is 0 Å². The number of nitrogens with zero attached hydrogens (tertiary/aromatic N) is 3. The molecule has 0 bridgehead atoms. The Morgan fingerprint density at radius 3 is 2.83 bits per heavy atom. The van der Waals surface area contributed by atoms with Gasteiger partial charge in [-0.25, -0.2) is 9.97 Å². The monoisotopic (exact) mass is 250 g/mol. The van der Waals surface area contributed by atoms with Crippen molar-refractivity contribution in [2.24, 2.45) is 0 Å². The van der Waals surface area contributed by atoms with Crippen LogP contribution in [-0.4, -0.2) is 41.1 Å². The second-order valence-corrected chi connectivity index (χ2v) is 4.69. The highest BCUT2D eigenvalue weighted by molar-refractivity contribution is 5.44. The molecule has 0 amide bonds. The normalized spacial score (nSPS) is 16.1. The van der Waals surface area contributed by atoms with E-state index in [9.17, 15) is 0 Å². The maximum atomic E-state index is 5.86. The van der Waals surface area contributed by atoms with Gasteiger partial charge in [0.2, 0.25) is 5.88 Å². The molecule has 2 heterocycles. The number of nitrogen functional groups attached to an aromatic ring is 1. The van der Waals surface area contributed by atoms with Crippen LogP contribution in [0.1, 0.15) is 31.7 Å². The van der Waals surface area contributed by atoms with Gasteiger partial charge in [0.15, 0.2) is 0 Å². The van der Waals surface area contributed by atoms with Gasteiger partial charge in [-0.1, -0.05) is 13.3 Å². The summed E-state index contributed by atoms with van der Waals surface area (Å²) in [5.41, 5.74) is 6.81. The van der Waals surface area contributed by atoms with E-state index in [1.54, 1.807) is 0 Å². The summed E-state index contributed by atoms with van der Waals surface area (Å²) in [6, 6.07) is 0. The van der Waals surface area contributed by atoms with Gasteiger partial charge in [0, 0.05) is 6.54 Å². The highest BCUT2D eigenvalue weighted by atomic mass is 16.5. The fourth-order valence-electron chi connectivity index (χ4n) is 2.30. The van der Waals surface area contributed by atoms with Crippen LogP contribution in [-0.2, 0) is 6.42 Å². The summed E-state index contributed by atoms with van der Waals surface area (Å²) in [6.07, 6.45) is 5.97. The highest BCUT2D eigenvalue weighted by Crippen LogP contribution is 2.21. The molecule has 2 rings (SSSR count). The molecule has 1 aromatic heterocycles. The van der Waals surface area contributed by atoms with E-state index in [-0.39, 0.29) is 0 Å². The Bertz CT molecular complexity index is 377. The number of nitrogens with two attached hydrogens (primary N) is 1. The zero-order valence-electron chi connectivity index (χ0n) is 11.1. The lowest BCUT2D eigenvalue weighted by molar-refractivity contribution is 0.230. The van der Waals surface area contributed by atoms with Crippen molar-refractivity contribution in [2.45, 2.75) is 32.6 Å². The van der Waals surface area contributed by atoms with Crippen molar-refractivity contribution in [2.75, 3.05) is 32.0 Å².